The number of carbonyl (C=O) groups excluding carboxylic acids is 4. The van der Waals surface area contributed by atoms with Gasteiger partial charge in [0.25, 0.3) is 0 Å². The van der Waals surface area contributed by atoms with Crippen molar-refractivity contribution >= 4 is 39.5 Å². The molecule has 0 heterocycles. The summed E-state index contributed by atoms with van der Waals surface area (Å²) in [6.07, 6.45) is 55.7. The molecule has 0 aliphatic heterocycles. The molecule has 99 heavy (non-hydrogen) atoms. The van der Waals surface area contributed by atoms with E-state index in [1.54, 1.807) is 0 Å². The predicted octanol–water partition coefficient (Wildman–Crippen LogP) is 23.6. The van der Waals surface area contributed by atoms with E-state index in [1.807, 2.05) is 0 Å². The second-order valence-corrected chi connectivity index (χ2v) is 33.4. The molecule has 0 saturated heterocycles. The molecule has 0 aliphatic rings. The van der Waals surface area contributed by atoms with Crippen molar-refractivity contribution in [2.75, 3.05) is 39.6 Å². The van der Waals surface area contributed by atoms with Crippen LogP contribution in [0.25, 0.3) is 0 Å². The van der Waals surface area contributed by atoms with Crippen LogP contribution in [0.2, 0.25) is 0 Å². The topological polar surface area (TPSA) is 237 Å². The zero-order valence-corrected chi connectivity index (χ0v) is 66.9. The van der Waals surface area contributed by atoms with Crippen molar-refractivity contribution in [2.45, 2.75) is 427 Å². The Morgan fingerprint density at radius 2 is 0.485 bits per heavy atom. The van der Waals surface area contributed by atoms with Crippen molar-refractivity contribution < 1.29 is 80.2 Å². The average Bonchev–Trinajstić information content (AvgIpc) is 1.72. The highest BCUT2D eigenvalue weighted by Crippen LogP contribution is 2.45. The number of phosphoric ester groups is 2. The fourth-order valence-corrected chi connectivity index (χ4v) is 13.8. The van der Waals surface area contributed by atoms with Crippen LogP contribution in [-0.4, -0.2) is 96.7 Å². The minimum absolute atomic E-state index is 0.106. The monoisotopic (exact) mass is 1450 g/mol. The molecule has 0 amide bonds. The van der Waals surface area contributed by atoms with Gasteiger partial charge in [0.15, 0.2) is 12.2 Å². The summed E-state index contributed by atoms with van der Waals surface area (Å²) in [6, 6.07) is 0. The van der Waals surface area contributed by atoms with E-state index < -0.39 is 97.5 Å². The van der Waals surface area contributed by atoms with E-state index in [-0.39, 0.29) is 25.7 Å². The van der Waals surface area contributed by atoms with Crippen molar-refractivity contribution in [3.05, 3.63) is 0 Å². The molecule has 6 atom stereocenters. The summed E-state index contributed by atoms with van der Waals surface area (Å²) in [4.78, 5) is 72.9. The number of carbonyl (C=O) groups is 4. The highest BCUT2D eigenvalue weighted by Gasteiger charge is 2.30. The smallest absolute Gasteiger partial charge is 0.462 e. The first-order valence-electron chi connectivity index (χ1n) is 41.2. The molecule has 0 aromatic heterocycles. The van der Waals surface area contributed by atoms with Crippen LogP contribution in [0.5, 0.6) is 0 Å². The lowest BCUT2D eigenvalue weighted by Gasteiger charge is -2.21. The Labute approximate surface area is 607 Å². The molecule has 0 fully saturated rings. The number of ether oxygens (including phenoxy) is 4. The normalized spacial score (nSPS) is 14.3. The van der Waals surface area contributed by atoms with E-state index in [9.17, 15) is 43.2 Å². The van der Waals surface area contributed by atoms with Gasteiger partial charge < -0.3 is 33.8 Å². The summed E-state index contributed by atoms with van der Waals surface area (Å²) in [5.41, 5.74) is 0. The Hall–Kier alpha value is -1.94. The summed E-state index contributed by atoms with van der Waals surface area (Å²) in [5, 5.41) is 10.6. The first kappa shape index (κ1) is 97.1. The van der Waals surface area contributed by atoms with E-state index in [0.29, 0.717) is 31.6 Å². The molecule has 588 valence electrons. The third kappa shape index (κ3) is 72.8. The molecule has 4 unspecified atom stereocenters. The van der Waals surface area contributed by atoms with Crippen molar-refractivity contribution in [3.63, 3.8) is 0 Å². The van der Waals surface area contributed by atoms with Crippen LogP contribution in [0, 0.1) is 23.7 Å². The first-order chi connectivity index (χ1) is 47.6. The quantitative estimate of drug-likeness (QED) is 0.0222. The highest BCUT2D eigenvalue weighted by molar-refractivity contribution is 7.47. The van der Waals surface area contributed by atoms with E-state index in [2.05, 4.69) is 55.4 Å². The summed E-state index contributed by atoms with van der Waals surface area (Å²) >= 11 is 0. The third-order valence-corrected chi connectivity index (χ3v) is 20.8. The van der Waals surface area contributed by atoms with Gasteiger partial charge in [-0.05, 0) is 49.4 Å². The van der Waals surface area contributed by atoms with Crippen molar-refractivity contribution in [2.24, 2.45) is 23.7 Å². The Bertz CT molecular complexity index is 1940. The molecule has 0 aromatic carbocycles. The van der Waals surface area contributed by atoms with Gasteiger partial charge in [-0.25, -0.2) is 9.13 Å². The molecular formula is C80H156O17P2. The van der Waals surface area contributed by atoms with Crippen LogP contribution in [0.3, 0.4) is 0 Å². The van der Waals surface area contributed by atoms with Crippen LogP contribution in [-0.2, 0) is 65.4 Å². The first-order valence-corrected chi connectivity index (χ1v) is 44.2. The Morgan fingerprint density at radius 1 is 0.283 bits per heavy atom. The van der Waals surface area contributed by atoms with Gasteiger partial charge in [0.2, 0.25) is 0 Å². The largest absolute Gasteiger partial charge is 0.472 e. The van der Waals surface area contributed by atoms with Crippen LogP contribution >= 0.6 is 15.6 Å². The second kappa shape index (κ2) is 69.1. The number of hydrogen-bond acceptors (Lipinski definition) is 15. The van der Waals surface area contributed by atoms with Gasteiger partial charge in [0.05, 0.1) is 26.4 Å². The standard InChI is InChI=1S/C80H156O17P2/c1-9-73(8)59-51-43-34-30-31-35-44-52-60-77(82)90-66-75(96-79(84)62-54-46-36-28-24-20-16-12-10-14-18-22-26-32-40-48-56-70(2)3)68-94-98(86,87)92-64-74(81)65-93-99(88,89)95-69-76(67-91-78(83)61-53-45-39-38-42-50-58-72(6)7)97-80(85)63-55-47-37-29-25-21-17-13-11-15-19-23-27-33-41-49-57-71(4)5/h70-76,81H,9-69H2,1-8H3,(H,86,87)(H,88,89)/t73?,74?,75-,76-/m1/s1. The number of aliphatic hydroxyl groups is 1. The van der Waals surface area contributed by atoms with Gasteiger partial charge in [0.1, 0.15) is 19.3 Å². The maximum atomic E-state index is 13.1. The summed E-state index contributed by atoms with van der Waals surface area (Å²) in [5.74, 6) is 0.957. The fourth-order valence-electron chi connectivity index (χ4n) is 12.2. The van der Waals surface area contributed by atoms with E-state index in [0.717, 1.165) is 114 Å². The third-order valence-electron chi connectivity index (χ3n) is 18.9. The zero-order chi connectivity index (χ0) is 73.1. The molecule has 19 heteroatoms. The zero-order valence-electron chi connectivity index (χ0n) is 65.1. The average molecular weight is 1450 g/mol. The second-order valence-electron chi connectivity index (χ2n) is 30.5. The van der Waals surface area contributed by atoms with Gasteiger partial charge in [-0.2, -0.15) is 0 Å². The van der Waals surface area contributed by atoms with Crippen LogP contribution < -0.4 is 0 Å². The molecule has 3 N–H and O–H groups in total. The van der Waals surface area contributed by atoms with Gasteiger partial charge in [-0.1, -0.05) is 357 Å². The molecule has 17 nitrogen and oxygen atoms in total. The van der Waals surface area contributed by atoms with Crippen molar-refractivity contribution in [1.29, 1.82) is 0 Å². The van der Waals surface area contributed by atoms with Gasteiger partial charge in [-0.3, -0.25) is 37.3 Å². The number of unbranched alkanes of at least 4 members (excludes halogenated alkanes) is 42. The molecule has 0 aromatic rings. The predicted molar refractivity (Wildman–Crippen MR) is 404 cm³/mol. The number of rotatable bonds is 77. The molecule has 0 spiro atoms. The van der Waals surface area contributed by atoms with Crippen LogP contribution in [0.4, 0.5) is 0 Å². The fraction of sp³-hybridized carbons (Fsp3) is 0.950. The van der Waals surface area contributed by atoms with Gasteiger partial charge >= 0.3 is 39.5 Å². The Morgan fingerprint density at radius 3 is 0.717 bits per heavy atom. The molecule has 0 saturated carbocycles. The maximum Gasteiger partial charge on any atom is 0.472 e. The lowest BCUT2D eigenvalue weighted by atomic mass is 9.99. The van der Waals surface area contributed by atoms with E-state index in [4.69, 9.17) is 37.0 Å². The number of hydrogen-bond donors (Lipinski definition) is 3. The Kier molecular flexibility index (Phi) is 67.8. The minimum atomic E-state index is -4.96. The number of phosphoric acid groups is 2. The van der Waals surface area contributed by atoms with Crippen LogP contribution in [0.1, 0.15) is 409 Å². The summed E-state index contributed by atoms with van der Waals surface area (Å²) in [6.45, 7) is 14.2. The van der Waals surface area contributed by atoms with Crippen molar-refractivity contribution in [1.82, 2.24) is 0 Å². The minimum Gasteiger partial charge on any atom is -0.462 e. The van der Waals surface area contributed by atoms with Gasteiger partial charge in [0, 0.05) is 25.7 Å². The SMILES string of the molecule is CCC(C)CCCCCCCCCCC(=O)OC[C@H](COP(=O)(O)OCC(O)COP(=O)(O)OC[C@@H](COC(=O)CCCCCCCCC(C)C)OC(=O)CCCCCCCCCCCCCCCCCCC(C)C)OC(=O)CCCCCCCCCCCCCCCCCCC(C)C. The highest BCUT2D eigenvalue weighted by atomic mass is 31.2. The number of esters is 4. The Balaban J connectivity index is 5.19. The lowest BCUT2D eigenvalue weighted by molar-refractivity contribution is -0.161. The molecule has 0 rings (SSSR count). The molecule has 0 aliphatic carbocycles. The summed E-state index contributed by atoms with van der Waals surface area (Å²) in [7, 11) is -9.92. The summed E-state index contributed by atoms with van der Waals surface area (Å²) < 4.78 is 68.6. The molecule has 0 bridgehead atoms. The van der Waals surface area contributed by atoms with E-state index in [1.165, 1.54) is 205 Å². The molecular weight excluding hydrogens is 1290 g/mol. The van der Waals surface area contributed by atoms with E-state index >= 15 is 0 Å². The lowest BCUT2D eigenvalue weighted by Crippen LogP contribution is -2.30. The van der Waals surface area contributed by atoms with Gasteiger partial charge in [-0.15, -0.1) is 0 Å². The number of aliphatic hydroxyl groups excluding tert-OH is 1. The maximum absolute atomic E-state index is 13.1. The molecule has 0 radical (unpaired) electrons. The van der Waals surface area contributed by atoms with Crippen LogP contribution in [0.15, 0.2) is 0 Å². The van der Waals surface area contributed by atoms with Crippen molar-refractivity contribution in [3.8, 4) is 0 Å².